The molecule has 0 amide bonds. The van der Waals surface area contributed by atoms with Gasteiger partial charge in [-0.3, -0.25) is 0 Å². The van der Waals surface area contributed by atoms with Crippen molar-refractivity contribution in [1.82, 2.24) is 0 Å². The van der Waals surface area contributed by atoms with Crippen LogP contribution in [0.3, 0.4) is 0 Å². The van der Waals surface area contributed by atoms with Gasteiger partial charge in [0.2, 0.25) is 0 Å². The Bertz CT molecular complexity index is 437. The van der Waals surface area contributed by atoms with Gasteiger partial charge in [0, 0.05) is 17.8 Å². The molecule has 4 heteroatoms. The van der Waals surface area contributed by atoms with Crippen molar-refractivity contribution in [2.45, 2.75) is 50.5 Å². The maximum Gasteiger partial charge on any atom is 0.125 e. The Morgan fingerprint density at radius 2 is 1.83 bits per heavy atom. The molecule has 3 nitrogen and oxygen atoms in total. The maximum absolute atomic E-state index is 13.5. The highest BCUT2D eigenvalue weighted by molar-refractivity contribution is 5.52. The summed E-state index contributed by atoms with van der Waals surface area (Å²) in [4.78, 5) is 2.23. The van der Waals surface area contributed by atoms with E-state index in [9.17, 15) is 9.50 Å². The van der Waals surface area contributed by atoms with Crippen LogP contribution in [0.25, 0.3) is 0 Å². The Balaban J connectivity index is 1.93. The van der Waals surface area contributed by atoms with E-state index in [0.29, 0.717) is 17.6 Å². The summed E-state index contributed by atoms with van der Waals surface area (Å²) < 4.78 is 13.5. The Morgan fingerprint density at radius 3 is 2.44 bits per heavy atom. The van der Waals surface area contributed by atoms with Crippen molar-refractivity contribution in [3.63, 3.8) is 0 Å². The van der Waals surface area contributed by atoms with Crippen LogP contribution in [0.4, 0.5) is 10.1 Å². The van der Waals surface area contributed by atoms with E-state index < -0.39 is 0 Å². The van der Waals surface area contributed by atoms with E-state index in [0.717, 1.165) is 31.4 Å². The van der Waals surface area contributed by atoms with Crippen LogP contribution >= 0.6 is 0 Å². The van der Waals surface area contributed by atoms with Crippen LogP contribution < -0.4 is 4.90 Å². The molecule has 1 aromatic carbocycles. The number of nitrogens with zero attached hydrogens (tertiary/aromatic N) is 1. The smallest absolute Gasteiger partial charge is 0.125 e. The average Bonchev–Trinajstić information content (AvgIpc) is 2.61. The summed E-state index contributed by atoms with van der Waals surface area (Å²) in [6.07, 6.45) is 3.44. The second-order valence-electron chi connectivity index (χ2n) is 5.39. The van der Waals surface area contributed by atoms with Crippen LogP contribution in [-0.4, -0.2) is 28.4 Å². The molecule has 0 aromatic heterocycles. The van der Waals surface area contributed by atoms with E-state index in [1.54, 1.807) is 0 Å². The van der Waals surface area contributed by atoms with E-state index in [2.05, 4.69) is 4.90 Å². The van der Waals surface area contributed by atoms with E-state index in [1.807, 2.05) is 6.07 Å². The molecule has 3 rings (SSSR count). The Morgan fingerprint density at radius 1 is 1.17 bits per heavy atom. The first-order valence-electron chi connectivity index (χ1n) is 6.54. The molecule has 0 aliphatic carbocycles. The molecular formula is C14H18FNO2. The van der Waals surface area contributed by atoms with Gasteiger partial charge in [-0.15, -0.1) is 0 Å². The van der Waals surface area contributed by atoms with Gasteiger partial charge >= 0.3 is 0 Å². The summed E-state index contributed by atoms with van der Waals surface area (Å²) >= 11 is 0. The van der Waals surface area contributed by atoms with Gasteiger partial charge in [-0.05, 0) is 49.4 Å². The molecule has 2 aliphatic heterocycles. The number of piperidine rings is 1. The number of aliphatic hydroxyl groups excluding tert-OH is 2. The molecule has 0 saturated carbocycles. The van der Waals surface area contributed by atoms with Gasteiger partial charge in [0.05, 0.1) is 12.7 Å². The number of benzene rings is 1. The topological polar surface area (TPSA) is 43.7 Å². The third kappa shape index (κ3) is 1.99. The zero-order valence-electron chi connectivity index (χ0n) is 10.2. The van der Waals surface area contributed by atoms with Gasteiger partial charge in [-0.2, -0.15) is 0 Å². The number of anilines is 1. The molecule has 2 aliphatic rings. The van der Waals surface area contributed by atoms with Crippen LogP contribution in [0.5, 0.6) is 0 Å². The fourth-order valence-electron chi connectivity index (χ4n) is 3.44. The van der Waals surface area contributed by atoms with Crippen LogP contribution in [0.1, 0.15) is 31.2 Å². The number of fused-ring (bicyclic) bond motifs is 2. The zero-order chi connectivity index (χ0) is 12.7. The standard InChI is InChI=1S/C14H18FNO2/c15-10-3-9(8-17)4-13(5-10)16-11-1-2-12(16)7-14(18)6-11/h3-5,11-12,14,17-18H,1-2,6-8H2. The summed E-state index contributed by atoms with van der Waals surface area (Å²) in [6.45, 7) is -0.142. The van der Waals surface area contributed by atoms with Crippen LogP contribution in [0.15, 0.2) is 18.2 Å². The molecule has 2 bridgehead atoms. The fraction of sp³-hybridized carbons (Fsp3) is 0.571. The summed E-state index contributed by atoms with van der Waals surface area (Å²) in [6, 6.07) is 5.37. The lowest BCUT2D eigenvalue weighted by atomic mass is 9.98. The van der Waals surface area contributed by atoms with Crippen LogP contribution in [-0.2, 0) is 6.61 Å². The average molecular weight is 251 g/mol. The van der Waals surface area contributed by atoms with E-state index in [4.69, 9.17) is 5.11 Å². The predicted molar refractivity (Wildman–Crippen MR) is 66.9 cm³/mol. The third-order valence-corrected chi connectivity index (χ3v) is 4.13. The monoisotopic (exact) mass is 251 g/mol. The van der Waals surface area contributed by atoms with Crippen molar-refractivity contribution in [2.75, 3.05) is 4.90 Å². The fourth-order valence-corrected chi connectivity index (χ4v) is 3.44. The third-order valence-electron chi connectivity index (χ3n) is 4.13. The van der Waals surface area contributed by atoms with Crippen LogP contribution in [0.2, 0.25) is 0 Å². The second-order valence-corrected chi connectivity index (χ2v) is 5.39. The minimum Gasteiger partial charge on any atom is -0.393 e. The largest absolute Gasteiger partial charge is 0.393 e. The highest BCUT2D eigenvalue weighted by atomic mass is 19.1. The van der Waals surface area contributed by atoms with Crippen molar-refractivity contribution >= 4 is 5.69 Å². The number of rotatable bonds is 2. The van der Waals surface area contributed by atoms with Crippen molar-refractivity contribution in [3.8, 4) is 0 Å². The molecule has 0 radical (unpaired) electrons. The molecule has 98 valence electrons. The van der Waals surface area contributed by atoms with Gasteiger partial charge in [-0.1, -0.05) is 0 Å². The van der Waals surface area contributed by atoms with Crippen LogP contribution in [0, 0.1) is 5.82 Å². The first-order valence-corrected chi connectivity index (χ1v) is 6.54. The summed E-state index contributed by atoms with van der Waals surface area (Å²) in [5.41, 5.74) is 1.45. The first kappa shape index (κ1) is 11.9. The van der Waals surface area contributed by atoms with Crippen molar-refractivity contribution in [3.05, 3.63) is 29.6 Å². The molecule has 2 atom stereocenters. The Kier molecular flexibility index (Phi) is 2.99. The number of aliphatic hydroxyl groups is 2. The van der Waals surface area contributed by atoms with Gasteiger partial charge in [0.15, 0.2) is 0 Å². The minimum absolute atomic E-state index is 0.142. The molecule has 2 unspecified atom stereocenters. The molecule has 0 spiro atoms. The maximum atomic E-state index is 13.5. The molecular weight excluding hydrogens is 233 g/mol. The first-order chi connectivity index (χ1) is 8.67. The SMILES string of the molecule is OCc1cc(F)cc(N2C3CCC2CC(O)C3)c1. The molecule has 2 N–H and O–H groups in total. The minimum atomic E-state index is -0.304. The van der Waals surface area contributed by atoms with Crippen molar-refractivity contribution in [2.24, 2.45) is 0 Å². The number of halogens is 1. The lowest BCUT2D eigenvalue weighted by Gasteiger charge is -2.39. The summed E-state index contributed by atoms with van der Waals surface area (Å²) in [7, 11) is 0. The summed E-state index contributed by atoms with van der Waals surface area (Å²) in [5.74, 6) is -0.304. The zero-order valence-corrected chi connectivity index (χ0v) is 10.2. The predicted octanol–water partition coefficient (Wildman–Crippen LogP) is 1.81. The van der Waals surface area contributed by atoms with Gasteiger partial charge in [0.1, 0.15) is 5.82 Å². The van der Waals surface area contributed by atoms with Gasteiger partial charge < -0.3 is 15.1 Å². The van der Waals surface area contributed by atoms with Gasteiger partial charge in [0.25, 0.3) is 0 Å². The Hall–Kier alpha value is -1.13. The van der Waals surface area contributed by atoms with E-state index >= 15 is 0 Å². The molecule has 2 saturated heterocycles. The normalized spacial score (nSPS) is 30.8. The highest BCUT2D eigenvalue weighted by Crippen LogP contribution is 2.39. The molecule has 1 aromatic rings. The van der Waals surface area contributed by atoms with E-state index in [-0.39, 0.29) is 18.5 Å². The van der Waals surface area contributed by atoms with Crippen molar-refractivity contribution < 1.29 is 14.6 Å². The second kappa shape index (κ2) is 4.52. The molecule has 18 heavy (non-hydrogen) atoms. The lowest BCUT2D eigenvalue weighted by molar-refractivity contribution is 0.126. The highest BCUT2D eigenvalue weighted by Gasteiger charge is 2.40. The van der Waals surface area contributed by atoms with E-state index in [1.165, 1.54) is 12.1 Å². The number of hydrogen-bond donors (Lipinski definition) is 2. The molecule has 2 heterocycles. The quantitative estimate of drug-likeness (QED) is 0.842. The van der Waals surface area contributed by atoms with Crippen molar-refractivity contribution in [1.29, 1.82) is 0 Å². The molecule has 2 fully saturated rings. The lowest BCUT2D eigenvalue weighted by Crippen LogP contribution is -2.44. The summed E-state index contributed by atoms with van der Waals surface area (Å²) in [5, 5.41) is 18.9. The van der Waals surface area contributed by atoms with Gasteiger partial charge in [-0.25, -0.2) is 4.39 Å². The Labute approximate surface area is 106 Å². The number of hydrogen-bond acceptors (Lipinski definition) is 3.